The summed E-state index contributed by atoms with van der Waals surface area (Å²) in [6, 6.07) is 11.3. The van der Waals surface area contributed by atoms with E-state index in [4.69, 9.17) is 14.2 Å². The largest absolute Gasteiger partial charge is 0.493 e. The van der Waals surface area contributed by atoms with Crippen molar-refractivity contribution in [3.8, 4) is 11.5 Å². The van der Waals surface area contributed by atoms with Gasteiger partial charge in [-0.15, -0.1) is 0 Å². The maximum absolute atomic E-state index is 12.2. The van der Waals surface area contributed by atoms with Crippen molar-refractivity contribution in [1.29, 1.82) is 0 Å². The number of fused-ring (bicyclic) bond motifs is 1. The molecule has 6 heteroatoms. The first-order valence-corrected chi connectivity index (χ1v) is 9.87. The second kappa shape index (κ2) is 9.96. The van der Waals surface area contributed by atoms with Crippen LogP contribution in [0.3, 0.4) is 0 Å². The van der Waals surface area contributed by atoms with Crippen molar-refractivity contribution in [3.63, 3.8) is 0 Å². The minimum absolute atomic E-state index is 0.290. The molecule has 6 nitrogen and oxygen atoms in total. The standard InChI is InChI=1S/C23H27NO5/c1-27-20-10-7-16(13-21(20)28-2)11-12-24-22(25)15-29-23(26)19-9-8-17-5-3-4-6-18(17)14-19/h7-10,13-14H,3-6,11-12,15H2,1-2H3,(H,24,25). The van der Waals surface area contributed by atoms with Crippen LogP contribution < -0.4 is 14.8 Å². The summed E-state index contributed by atoms with van der Waals surface area (Å²) < 4.78 is 15.7. The number of hydrogen-bond donors (Lipinski definition) is 1. The Balaban J connectivity index is 1.43. The number of rotatable bonds is 8. The highest BCUT2D eigenvalue weighted by Gasteiger charge is 2.15. The van der Waals surface area contributed by atoms with E-state index in [-0.39, 0.29) is 12.5 Å². The first-order valence-electron chi connectivity index (χ1n) is 9.87. The van der Waals surface area contributed by atoms with Gasteiger partial charge in [-0.3, -0.25) is 4.79 Å². The van der Waals surface area contributed by atoms with Gasteiger partial charge < -0.3 is 19.5 Å². The van der Waals surface area contributed by atoms with Gasteiger partial charge in [-0.05, 0) is 73.1 Å². The van der Waals surface area contributed by atoms with Gasteiger partial charge >= 0.3 is 5.97 Å². The number of methoxy groups -OCH3 is 2. The molecule has 0 saturated heterocycles. The summed E-state index contributed by atoms with van der Waals surface area (Å²) >= 11 is 0. The molecule has 0 radical (unpaired) electrons. The molecule has 0 bridgehead atoms. The average Bonchev–Trinajstić information content (AvgIpc) is 2.76. The number of hydrogen-bond acceptors (Lipinski definition) is 5. The molecule has 1 aliphatic carbocycles. The molecule has 1 aliphatic rings. The molecule has 154 valence electrons. The van der Waals surface area contributed by atoms with E-state index in [1.807, 2.05) is 30.3 Å². The molecule has 2 aromatic rings. The predicted molar refractivity (Wildman–Crippen MR) is 110 cm³/mol. The van der Waals surface area contributed by atoms with E-state index in [9.17, 15) is 9.59 Å². The van der Waals surface area contributed by atoms with Crippen molar-refractivity contribution in [1.82, 2.24) is 5.32 Å². The van der Waals surface area contributed by atoms with E-state index in [1.54, 1.807) is 20.3 Å². The van der Waals surface area contributed by atoms with Gasteiger partial charge in [-0.25, -0.2) is 4.79 Å². The minimum atomic E-state index is -0.464. The number of carbonyl (C=O) groups excluding carboxylic acids is 2. The number of aryl methyl sites for hydroxylation is 2. The highest BCUT2D eigenvalue weighted by Crippen LogP contribution is 2.27. The van der Waals surface area contributed by atoms with Crippen LogP contribution in [-0.2, 0) is 28.8 Å². The molecule has 1 amide bonds. The highest BCUT2D eigenvalue weighted by molar-refractivity contribution is 5.91. The number of nitrogens with one attached hydrogen (secondary N) is 1. The monoisotopic (exact) mass is 397 g/mol. The van der Waals surface area contributed by atoms with E-state index >= 15 is 0 Å². The van der Waals surface area contributed by atoms with E-state index in [2.05, 4.69) is 5.32 Å². The van der Waals surface area contributed by atoms with Crippen LogP contribution in [-0.4, -0.2) is 39.2 Å². The van der Waals surface area contributed by atoms with Crippen molar-refractivity contribution >= 4 is 11.9 Å². The Hall–Kier alpha value is -3.02. The van der Waals surface area contributed by atoms with Gasteiger partial charge in [0.15, 0.2) is 18.1 Å². The lowest BCUT2D eigenvalue weighted by Gasteiger charge is -2.16. The Morgan fingerprint density at radius 1 is 0.931 bits per heavy atom. The zero-order valence-electron chi connectivity index (χ0n) is 17.0. The Bertz CT molecular complexity index is 878. The Morgan fingerprint density at radius 2 is 1.69 bits per heavy atom. The number of benzene rings is 2. The number of esters is 1. The molecule has 3 rings (SSSR count). The highest BCUT2D eigenvalue weighted by atomic mass is 16.5. The molecule has 2 aromatic carbocycles. The number of carbonyl (C=O) groups is 2. The molecule has 0 spiro atoms. The lowest BCUT2D eigenvalue weighted by atomic mass is 9.90. The third-order valence-corrected chi connectivity index (χ3v) is 5.10. The first-order chi connectivity index (χ1) is 14.1. The molecule has 0 aromatic heterocycles. The molecule has 0 fully saturated rings. The van der Waals surface area contributed by atoms with Crippen LogP contribution in [0.5, 0.6) is 11.5 Å². The molecular weight excluding hydrogens is 370 g/mol. The van der Waals surface area contributed by atoms with Gasteiger partial charge in [-0.2, -0.15) is 0 Å². The molecule has 0 heterocycles. The first kappa shape index (κ1) is 20.7. The fourth-order valence-corrected chi connectivity index (χ4v) is 3.51. The van der Waals surface area contributed by atoms with Crippen molar-refractivity contribution < 1.29 is 23.8 Å². The maximum Gasteiger partial charge on any atom is 0.338 e. The van der Waals surface area contributed by atoms with Crippen molar-refractivity contribution in [2.45, 2.75) is 32.1 Å². The van der Waals surface area contributed by atoms with Gasteiger partial charge in [0, 0.05) is 6.54 Å². The zero-order valence-corrected chi connectivity index (χ0v) is 17.0. The van der Waals surface area contributed by atoms with Gasteiger partial charge in [0.05, 0.1) is 19.8 Å². The fourth-order valence-electron chi connectivity index (χ4n) is 3.51. The predicted octanol–water partition coefficient (Wildman–Crippen LogP) is 3.10. The smallest absolute Gasteiger partial charge is 0.338 e. The molecule has 0 atom stereocenters. The molecule has 0 aliphatic heterocycles. The van der Waals surface area contributed by atoms with Crippen molar-refractivity contribution in [3.05, 3.63) is 58.7 Å². The maximum atomic E-state index is 12.2. The van der Waals surface area contributed by atoms with Crippen LogP contribution in [0, 0.1) is 0 Å². The second-order valence-electron chi connectivity index (χ2n) is 7.06. The van der Waals surface area contributed by atoms with E-state index < -0.39 is 5.97 Å². The van der Waals surface area contributed by atoms with Crippen molar-refractivity contribution in [2.75, 3.05) is 27.4 Å². The van der Waals surface area contributed by atoms with Gasteiger partial charge in [0.2, 0.25) is 0 Å². The van der Waals surface area contributed by atoms with Gasteiger partial charge in [0.1, 0.15) is 0 Å². The molecule has 29 heavy (non-hydrogen) atoms. The minimum Gasteiger partial charge on any atom is -0.493 e. The van der Waals surface area contributed by atoms with Crippen LogP contribution in [0.4, 0.5) is 0 Å². The third kappa shape index (κ3) is 5.50. The van der Waals surface area contributed by atoms with Crippen LogP contribution >= 0.6 is 0 Å². The van der Waals surface area contributed by atoms with E-state index in [1.165, 1.54) is 17.5 Å². The molecular formula is C23H27NO5. The van der Waals surface area contributed by atoms with Crippen molar-refractivity contribution in [2.24, 2.45) is 0 Å². The average molecular weight is 397 g/mol. The normalized spacial score (nSPS) is 12.6. The SMILES string of the molecule is COc1ccc(CCNC(=O)COC(=O)c2ccc3c(c2)CCCC3)cc1OC. The number of ether oxygens (including phenoxy) is 3. The lowest BCUT2D eigenvalue weighted by molar-refractivity contribution is -0.124. The molecule has 1 N–H and O–H groups in total. The number of amides is 1. The van der Waals surface area contributed by atoms with Crippen LogP contribution in [0.2, 0.25) is 0 Å². The van der Waals surface area contributed by atoms with Crippen LogP contribution in [0.1, 0.15) is 39.9 Å². The third-order valence-electron chi connectivity index (χ3n) is 5.10. The lowest BCUT2D eigenvalue weighted by Crippen LogP contribution is -2.30. The van der Waals surface area contributed by atoms with Gasteiger partial charge in [0.25, 0.3) is 5.91 Å². The Kier molecular flexibility index (Phi) is 7.11. The Labute approximate surface area is 171 Å². The molecule has 0 saturated carbocycles. The summed E-state index contributed by atoms with van der Waals surface area (Å²) in [4.78, 5) is 24.2. The molecule has 0 unspecified atom stereocenters. The summed E-state index contributed by atoms with van der Waals surface area (Å²) in [7, 11) is 3.17. The summed E-state index contributed by atoms with van der Waals surface area (Å²) in [5.41, 5.74) is 4.03. The summed E-state index contributed by atoms with van der Waals surface area (Å²) in [5.74, 6) is 0.523. The quantitative estimate of drug-likeness (QED) is 0.693. The Morgan fingerprint density at radius 3 is 2.45 bits per heavy atom. The van der Waals surface area contributed by atoms with Gasteiger partial charge in [-0.1, -0.05) is 12.1 Å². The summed E-state index contributed by atoms with van der Waals surface area (Å²) in [5, 5.41) is 2.77. The zero-order chi connectivity index (χ0) is 20.6. The summed E-state index contributed by atoms with van der Waals surface area (Å²) in [6.45, 7) is 0.145. The van der Waals surface area contributed by atoms with Crippen LogP contribution in [0.25, 0.3) is 0 Å². The second-order valence-corrected chi connectivity index (χ2v) is 7.06. The van der Waals surface area contributed by atoms with E-state index in [0.717, 1.165) is 24.8 Å². The fraction of sp³-hybridized carbons (Fsp3) is 0.391. The van der Waals surface area contributed by atoms with E-state index in [0.29, 0.717) is 30.0 Å². The van der Waals surface area contributed by atoms with Crippen LogP contribution in [0.15, 0.2) is 36.4 Å². The summed E-state index contributed by atoms with van der Waals surface area (Å²) in [6.07, 6.45) is 5.03. The topological polar surface area (TPSA) is 73.9 Å².